The number of nitrogens with one attached hydrogen (secondary N) is 1. The van der Waals surface area contributed by atoms with E-state index in [1.807, 2.05) is 30.3 Å². The lowest BCUT2D eigenvalue weighted by atomic mass is 10.0. The van der Waals surface area contributed by atoms with Crippen LogP contribution in [0.25, 0.3) is 22.2 Å². The van der Waals surface area contributed by atoms with Crippen LogP contribution in [-0.2, 0) is 0 Å². The van der Waals surface area contributed by atoms with Gasteiger partial charge in [-0.25, -0.2) is 10.4 Å². The Labute approximate surface area is 198 Å². The number of benzene rings is 3. The number of hydrazone groups is 1. The number of halogens is 1. The Morgan fingerprint density at radius 1 is 1.03 bits per heavy atom. The van der Waals surface area contributed by atoms with Gasteiger partial charge in [0.2, 0.25) is 0 Å². The molecule has 0 saturated carbocycles. The molecule has 0 spiro atoms. The summed E-state index contributed by atoms with van der Waals surface area (Å²) in [4.78, 5) is 17.8. The molecule has 0 fully saturated rings. The van der Waals surface area contributed by atoms with Crippen molar-refractivity contribution in [3.63, 3.8) is 0 Å². The van der Waals surface area contributed by atoms with Crippen molar-refractivity contribution in [1.82, 2.24) is 10.4 Å². The first-order valence-electron chi connectivity index (χ1n) is 9.93. The molecule has 4 aromatic rings. The van der Waals surface area contributed by atoms with Gasteiger partial charge in [0.1, 0.15) is 5.75 Å². The Kier molecular flexibility index (Phi) is 6.55. The minimum atomic E-state index is -0.393. The monoisotopic (exact) mass is 505 g/mol. The molecule has 3 aromatic carbocycles. The second-order valence-corrected chi connectivity index (χ2v) is 7.99. The van der Waals surface area contributed by atoms with Gasteiger partial charge in [0.25, 0.3) is 5.91 Å². The van der Waals surface area contributed by atoms with Gasteiger partial charge in [-0.15, -0.1) is 0 Å². The largest absolute Gasteiger partial charge is 0.504 e. The lowest BCUT2D eigenvalue weighted by Crippen LogP contribution is -2.18. The number of fused-ring (bicyclic) bond motifs is 1. The van der Waals surface area contributed by atoms with E-state index in [9.17, 15) is 9.90 Å². The van der Waals surface area contributed by atoms with Crippen LogP contribution in [0.15, 0.2) is 76.3 Å². The van der Waals surface area contributed by atoms with Crippen molar-refractivity contribution < 1.29 is 19.4 Å². The summed E-state index contributed by atoms with van der Waals surface area (Å²) in [7, 11) is 3.03. The van der Waals surface area contributed by atoms with Crippen LogP contribution < -0.4 is 14.9 Å². The highest BCUT2D eigenvalue weighted by atomic mass is 79.9. The van der Waals surface area contributed by atoms with E-state index in [1.165, 1.54) is 19.4 Å². The first-order valence-corrected chi connectivity index (χ1v) is 10.7. The first-order chi connectivity index (χ1) is 16.0. The molecule has 166 valence electrons. The fourth-order valence-corrected chi connectivity index (χ4v) is 3.55. The van der Waals surface area contributed by atoms with E-state index in [4.69, 9.17) is 14.5 Å². The fourth-order valence-electron chi connectivity index (χ4n) is 3.29. The van der Waals surface area contributed by atoms with Crippen LogP contribution in [0.3, 0.4) is 0 Å². The van der Waals surface area contributed by atoms with Crippen molar-refractivity contribution in [2.24, 2.45) is 5.10 Å². The van der Waals surface area contributed by atoms with Gasteiger partial charge in [-0.1, -0.05) is 28.1 Å². The van der Waals surface area contributed by atoms with E-state index in [0.717, 1.165) is 10.0 Å². The van der Waals surface area contributed by atoms with Crippen molar-refractivity contribution in [2.75, 3.05) is 14.2 Å². The zero-order valence-electron chi connectivity index (χ0n) is 17.9. The van der Waals surface area contributed by atoms with Gasteiger partial charge in [-0.2, -0.15) is 5.10 Å². The van der Waals surface area contributed by atoms with Gasteiger partial charge in [0.05, 0.1) is 37.2 Å². The summed E-state index contributed by atoms with van der Waals surface area (Å²) >= 11 is 3.44. The maximum absolute atomic E-state index is 13.1. The molecular formula is C25H20BrN3O4. The van der Waals surface area contributed by atoms with E-state index < -0.39 is 5.91 Å². The highest BCUT2D eigenvalue weighted by molar-refractivity contribution is 9.10. The molecule has 2 N–H and O–H groups in total. The number of phenolic OH excluding ortho intramolecular Hbond substituents is 1. The highest BCUT2D eigenvalue weighted by Crippen LogP contribution is 2.29. The summed E-state index contributed by atoms with van der Waals surface area (Å²) in [5.41, 5.74) is 5.84. The Morgan fingerprint density at radius 2 is 1.82 bits per heavy atom. The van der Waals surface area contributed by atoms with Crippen LogP contribution in [0.4, 0.5) is 0 Å². The quantitative estimate of drug-likeness (QED) is 0.279. The Bertz CT molecular complexity index is 1350. The molecular weight excluding hydrogens is 486 g/mol. The summed E-state index contributed by atoms with van der Waals surface area (Å²) < 4.78 is 11.4. The predicted molar refractivity (Wildman–Crippen MR) is 131 cm³/mol. The minimum Gasteiger partial charge on any atom is -0.504 e. The standard InChI is InChI=1S/C25H20BrN3O4/c1-32-18-8-9-21-19(12-18)20(13-22(28-21)16-4-6-17(26)7-5-16)25(31)29-27-14-15-3-10-23(30)24(11-15)33-2/h3-14,30H,1-2H3,(H,29,31)/b27-14+. The van der Waals surface area contributed by atoms with E-state index >= 15 is 0 Å². The van der Waals surface area contributed by atoms with Crippen molar-refractivity contribution in [3.05, 3.63) is 82.3 Å². The van der Waals surface area contributed by atoms with Crippen molar-refractivity contribution >= 4 is 39.0 Å². The maximum atomic E-state index is 13.1. The number of nitrogens with zero attached hydrogens (tertiary/aromatic N) is 2. The second-order valence-electron chi connectivity index (χ2n) is 7.08. The maximum Gasteiger partial charge on any atom is 0.272 e. The van der Waals surface area contributed by atoms with Gasteiger partial charge in [-0.3, -0.25) is 4.79 Å². The molecule has 33 heavy (non-hydrogen) atoms. The fraction of sp³-hybridized carbons (Fsp3) is 0.0800. The number of aromatic nitrogens is 1. The van der Waals surface area contributed by atoms with Crippen molar-refractivity contribution in [2.45, 2.75) is 0 Å². The molecule has 0 radical (unpaired) electrons. The number of phenols is 1. The average Bonchev–Trinajstić information content (AvgIpc) is 2.84. The van der Waals surface area contributed by atoms with Gasteiger partial charge >= 0.3 is 0 Å². The lowest BCUT2D eigenvalue weighted by Gasteiger charge is -2.10. The number of pyridine rings is 1. The molecule has 0 atom stereocenters. The molecule has 0 bridgehead atoms. The number of hydrogen-bond acceptors (Lipinski definition) is 6. The zero-order chi connectivity index (χ0) is 23.4. The molecule has 4 rings (SSSR count). The van der Waals surface area contributed by atoms with E-state index in [0.29, 0.717) is 39.2 Å². The van der Waals surface area contributed by atoms with Crippen LogP contribution in [0.5, 0.6) is 17.2 Å². The normalized spacial score (nSPS) is 11.0. The summed E-state index contributed by atoms with van der Waals surface area (Å²) in [6.07, 6.45) is 1.47. The third-order valence-corrected chi connectivity index (χ3v) is 5.51. The number of hydrogen-bond donors (Lipinski definition) is 2. The Morgan fingerprint density at radius 3 is 2.55 bits per heavy atom. The number of carbonyl (C=O) groups is 1. The van der Waals surface area contributed by atoms with Gasteiger partial charge < -0.3 is 14.6 Å². The number of aromatic hydroxyl groups is 1. The zero-order valence-corrected chi connectivity index (χ0v) is 19.5. The predicted octanol–water partition coefficient (Wildman–Crippen LogP) is 5.15. The first kappa shape index (κ1) is 22.3. The Hall–Kier alpha value is -3.91. The number of rotatable bonds is 6. The lowest BCUT2D eigenvalue weighted by molar-refractivity contribution is 0.0956. The molecule has 0 aliphatic heterocycles. The van der Waals surface area contributed by atoms with Crippen LogP contribution in [0.1, 0.15) is 15.9 Å². The van der Waals surface area contributed by atoms with Crippen molar-refractivity contribution in [1.29, 1.82) is 0 Å². The second kappa shape index (κ2) is 9.70. The van der Waals surface area contributed by atoms with Crippen LogP contribution in [0, 0.1) is 0 Å². The molecule has 1 aromatic heterocycles. The van der Waals surface area contributed by atoms with Gasteiger partial charge in [0, 0.05) is 15.4 Å². The van der Waals surface area contributed by atoms with Crippen LogP contribution in [-0.4, -0.2) is 36.4 Å². The molecule has 0 aliphatic carbocycles. The molecule has 0 unspecified atom stereocenters. The average molecular weight is 506 g/mol. The topological polar surface area (TPSA) is 93.0 Å². The number of carbonyl (C=O) groups excluding carboxylic acids is 1. The molecule has 1 heterocycles. The summed E-state index contributed by atoms with van der Waals surface area (Å²) in [5.74, 6) is 0.568. The number of ether oxygens (including phenoxy) is 2. The van der Waals surface area contributed by atoms with Crippen LogP contribution >= 0.6 is 15.9 Å². The van der Waals surface area contributed by atoms with Crippen LogP contribution in [0.2, 0.25) is 0 Å². The van der Waals surface area contributed by atoms with Gasteiger partial charge in [-0.05, 0) is 60.2 Å². The van der Waals surface area contributed by atoms with Crippen molar-refractivity contribution in [3.8, 4) is 28.5 Å². The minimum absolute atomic E-state index is 0.0244. The molecule has 1 amide bonds. The van der Waals surface area contributed by atoms with E-state index in [-0.39, 0.29) is 5.75 Å². The number of amides is 1. The molecule has 0 aliphatic rings. The van der Waals surface area contributed by atoms with Gasteiger partial charge in [0.15, 0.2) is 11.5 Å². The summed E-state index contributed by atoms with van der Waals surface area (Å²) in [6, 6.07) is 19.6. The third-order valence-electron chi connectivity index (χ3n) is 4.98. The smallest absolute Gasteiger partial charge is 0.272 e. The SMILES string of the molecule is COc1ccc2nc(-c3ccc(Br)cc3)cc(C(=O)N/N=C/c3ccc(O)c(OC)c3)c2c1. The summed E-state index contributed by atoms with van der Waals surface area (Å²) in [6.45, 7) is 0. The van der Waals surface area contributed by atoms with E-state index in [2.05, 4.69) is 26.5 Å². The molecule has 0 saturated heterocycles. The third kappa shape index (κ3) is 4.96. The molecule has 8 heteroatoms. The number of methoxy groups -OCH3 is 2. The highest BCUT2D eigenvalue weighted by Gasteiger charge is 2.15. The summed E-state index contributed by atoms with van der Waals surface area (Å²) in [5, 5.41) is 14.4. The van der Waals surface area contributed by atoms with E-state index in [1.54, 1.807) is 37.4 Å². The Balaban J connectivity index is 1.69. The molecule has 7 nitrogen and oxygen atoms in total.